The van der Waals surface area contributed by atoms with Gasteiger partial charge in [0.15, 0.2) is 0 Å². The zero-order valence-corrected chi connectivity index (χ0v) is 10.6. The van der Waals surface area contributed by atoms with E-state index in [-0.39, 0.29) is 12.1 Å². The first-order valence-corrected chi connectivity index (χ1v) is 6.27. The van der Waals surface area contributed by atoms with Gasteiger partial charge in [-0.3, -0.25) is 0 Å². The van der Waals surface area contributed by atoms with Crippen molar-refractivity contribution in [2.75, 3.05) is 13.2 Å². The highest BCUT2D eigenvalue weighted by atomic mass is 16.5. The fourth-order valence-electron chi connectivity index (χ4n) is 2.10. The van der Waals surface area contributed by atoms with Crippen LogP contribution in [0.4, 0.5) is 0 Å². The van der Waals surface area contributed by atoms with Crippen molar-refractivity contribution in [1.82, 2.24) is 0 Å². The number of benzene rings is 1. The topological polar surface area (TPSA) is 44.5 Å². The summed E-state index contributed by atoms with van der Waals surface area (Å²) < 4.78 is 11.4. The van der Waals surface area contributed by atoms with Crippen LogP contribution in [0.3, 0.4) is 0 Å². The molecule has 1 saturated heterocycles. The Morgan fingerprint density at radius 2 is 2.35 bits per heavy atom. The minimum absolute atomic E-state index is 0.00454. The third-order valence-electron chi connectivity index (χ3n) is 3.11. The molecule has 0 aromatic heterocycles. The molecule has 17 heavy (non-hydrogen) atoms. The summed E-state index contributed by atoms with van der Waals surface area (Å²) in [5.74, 6) is 0.899. The minimum Gasteiger partial charge on any atom is -0.491 e. The van der Waals surface area contributed by atoms with E-state index in [0.717, 1.165) is 30.8 Å². The first-order valence-electron chi connectivity index (χ1n) is 6.27. The van der Waals surface area contributed by atoms with Crippen molar-refractivity contribution in [3.8, 4) is 5.75 Å². The smallest absolute Gasteiger partial charge is 0.124 e. The number of hydrogen-bond acceptors (Lipinski definition) is 3. The molecular formula is C14H21NO2. The molecule has 3 nitrogen and oxygen atoms in total. The highest BCUT2D eigenvalue weighted by Crippen LogP contribution is 2.26. The molecule has 0 amide bonds. The predicted molar refractivity (Wildman–Crippen MR) is 68.3 cm³/mol. The summed E-state index contributed by atoms with van der Waals surface area (Å²) in [6.45, 7) is 5.53. The first kappa shape index (κ1) is 12.4. The Morgan fingerprint density at radius 3 is 3.00 bits per heavy atom. The van der Waals surface area contributed by atoms with Gasteiger partial charge in [-0.15, -0.1) is 0 Å². The summed E-state index contributed by atoms with van der Waals surface area (Å²) in [6, 6.07) is 6.16. The second kappa shape index (κ2) is 5.52. The highest BCUT2D eigenvalue weighted by Gasteiger charge is 2.17. The summed E-state index contributed by atoms with van der Waals surface area (Å²) in [5.41, 5.74) is 8.19. The van der Waals surface area contributed by atoms with E-state index in [0.29, 0.717) is 6.61 Å². The molecule has 94 valence electrons. The lowest BCUT2D eigenvalue weighted by Gasteiger charge is -2.17. The molecule has 1 aliphatic heterocycles. The third kappa shape index (κ3) is 3.20. The molecule has 0 spiro atoms. The maximum atomic E-state index is 5.94. The molecule has 0 saturated carbocycles. The molecule has 2 atom stereocenters. The third-order valence-corrected chi connectivity index (χ3v) is 3.11. The van der Waals surface area contributed by atoms with Crippen LogP contribution in [0.5, 0.6) is 5.75 Å². The molecule has 0 radical (unpaired) electrons. The van der Waals surface area contributed by atoms with E-state index < -0.39 is 0 Å². The van der Waals surface area contributed by atoms with Crippen LogP contribution >= 0.6 is 0 Å². The zero-order chi connectivity index (χ0) is 12.3. The molecule has 0 aliphatic carbocycles. The molecule has 1 heterocycles. The fraction of sp³-hybridized carbons (Fsp3) is 0.571. The van der Waals surface area contributed by atoms with Gasteiger partial charge in [-0.25, -0.2) is 0 Å². The summed E-state index contributed by atoms with van der Waals surface area (Å²) >= 11 is 0. The lowest BCUT2D eigenvalue weighted by atomic mass is 10.1. The average Bonchev–Trinajstić information content (AvgIpc) is 2.78. The number of aryl methyl sites for hydroxylation is 1. The Morgan fingerprint density at radius 1 is 1.53 bits per heavy atom. The maximum absolute atomic E-state index is 5.94. The van der Waals surface area contributed by atoms with Gasteiger partial charge >= 0.3 is 0 Å². The van der Waals surface area contributed by atoms with E-state index in [1.807, 2.05) is 19.1 Å². The van der Waals surface area contributed by atoms with Crippen LogP contribution < -0.4 is 10.5 Å². The zero-order valence-electron chi connectivity index (χ0n) is 10.6. The minimum atomic E-state index is -0.00454. The van der Waals surface area contributed by atoms with Crippen LogP contribution in [0.25, 0.3) is 0 Å². The summed E-state index contributed by atoms with van der Waals surface area (Å²) in [4.78, 5) is 0. The SMILES string of the molecule is Cc1ccc([C@@H](C)N)c(OCC2CCCO2)c1. The van der Waals surface area contributed by atoms with Gasteiger partial charge in [0.05, 0.1) is 6.10 Å². The first-order chi connectivity index (χ1) is 8.16. The van der Waals surface area contributed by atoms with Crippen LogP contribution in [0.1, 0.15) is 36.9 Å². The maximum Gasteiger partial charge on any atom is 0.124 e. The Bertz CT molecular complexity index is 370. The van der Waals surface area contributed by atoms with Gasteiger partial charge in [0, 0.05) is 18.2 Å². The normalized spacial score (nSPS) is 21.5. The number of nitrogens with two attached hydrogens (primary N) is 1. The molecule has 1 aromatic rings. The molecule has 3 heteroatoms. The lowest BCUT2D eigenvalue weighted by molar-refractivity contribution is 0.0675. The average molecular weight is 235 g/mol. The van der Waals surface area contributed by atoms with Gasteiger partial charge < -0.3 is 15.2 Å². The van der Waals surface area contributed by atoms with Gasteiger partial charge in [-0.05, 0) is 38.3 Å². The van der Waals surface area contributed by atoms with E-state index in [9.17, 15) is 0 Å². The second-order valence-corrected chi connectivity index (χ2v) is 4.78. The molecule has 1 fully saturated rings. The van der Waals surface area contributed by atoms with Gasteiger partial charge in [0.1, 0.15) is 12.4 Å². The van der Waals surface area contributed by atoms with Crippen LogP contribution in [-0.4, -0.2) is 19.3 Å². The van der Waals surface area contributed by atoms with Crippen LogP contribution in [0, 0.1) is 6.92 Å². The van der Waals surface area contributed by atoms with Gasteiger partial charge in [0.25, 0.3) is 0 Å². The van der Waals surface area contributed by atoms with Gasteiger partial charge in [-0.1, -0.05) is 12.1 Å². The largest absolute Gasteiger partial charge is 0.491 e. The lowest BCUT2D eigenvalue weighted by Crippen LogP contribution is -2.18. The van der Waals surface area contributed by atoms with E-state index >= 15 is 0 Å². The van der Waals surface area contributed by atoms with Crippen molar-refractivity contribution in [3.63, 3.8) is 0 Å². The summed E-state index contributed by atoms with van der Waals surface area (Å²) in [6.07, 6.45) is 2.48. The van der Waals surface area contributed by atoms with Crippen molar-refractivity contribution in [3.05, 3.63) is 29.3 Å². The molecule has 1 unspecified atom stereocenters. The van der Waals surface area contributed by atoms with Crippen molar-refractivity contribution >= 4 is 0 Å². The van der Waals surface area contributed by atoms with Crippen LogP contribution in [0.2, 0.25) is 0 Å². The Balaban J connectivity index is 2.04. The Kier molecular flexibility index (Phi) is 4.02. The van der Waals surface area contributed by atoms with Crippen molar-refractivity contribution < 1.29 is 9.47 Å². The second-order valence-electron chi connectivity index (χ2n) is 4.78. The molecule has 1 aromatic carbocycles. The molecule has 1 aliphatic rings. The van der Waals surface area contributed by atoms with E-state index in [1.54, 1.807) is 0 Å². The molecule has 0 bridgehead atoms. The van der Waals surface area contributed by atoms with Crippen LogP contribution in [-0.2, 0) is 4.74 Å². The summed E-state index contributed by atoms with van der Waals surface area (Å²) in [5, 5.41) is 0. The number of ether oxygens (including phenoxy) is 2. The standard InChI is InChI=1S/C14H21NO2/c1-10-5-6-13(11(2)15)14(8-10)17-9-12-4-3-7-16-12/h5-6,8,11-12H,3-4,7,9,15H2,1-2H3/t11-,12?/m1/s1. The predicted octanol–water partition coefficient (Wildman–Crippen LogP) is 2.57. The van der Waals surface area contributed by atoms with Crippen molar-refractivity contribution in [1.29, 1.82) is 0 Å². The van der Waals surface area contributed by atoms with Gasteiger partial charge in [-0.2, -0.15) is 0 Å². The number of hydrogen-bond donors (Lipinski definition) is 1. The summed E-state index contributed by atoms with van der Waals surface area (Å²) in [7, 11) is 0. The molecular weight excluding hydrogens is 214 g/mol. The Hall–Kier alpha value is -1.06. The van der Waals surface area contributed by atoms with Crippen LogP contribution in [0.15, 0.2) is 18.2 Å². The Labute approximate surface area is 103 Å². The monoisotopic (exact) mass is 235 g/mol. The molecule has 2 N–H and O–H groups in total. The highest BCUT2D eigenvalue weighted by molar-refractivity contribution is 5.38. The van der Waals surface area contributed by atoms with Crippen molar-refractivity contribution in [2.24, 2.45) is 5.73 Å². The van der Waals surface area contributed by atoms with E-state index in [2.05, 4.69) is 13.0 Å². The fourth-order valence-corrected chi connectivity index (χ4v) is 2.10. The quantitative estimate of drug-likeness (QED) is 0.872. The number of rotatable bonds is 4. The molecule has 2 rings (SSSR count). The van der Waals surface area contributed by atoms with Gasteiger partial charge in [0.2, 0.25) is 0 Å². The van der Waals surface area contributed by atoms with E-state index in [4.69, 9.17) is 15.2 Å². The van der Waals surface area contributed by atoms with E-state index in [1.165, 1.54) is 5.56 Å². The van der Waals surface area contributed by atoms with Crippen molar-refractivity contribution in [2.45, 2.75) is 38.8 Å².